The van der Waals surface area contributed by atoms with Gasteiger partial charge < -0.3 is 10.0 Å². The number of likely N-dealkylation sites (tertiary alicyclic amines) is 1. The van der Waals surface area contributed by atoms with Gasteiger partial charge in [0.05, 0.1) is 5.92 Å². The first kappa shape index (κ1) is 15.4. The van der Waals surface area contributed by atoms with Gasteiger partial charge in [-0.2, -0.15) is 0 Å². The number of amides is 1. The number of rotatable bonds is 5. The number of benzene rings is 1. The number of carboxylic acid groups (broad SMARTS) is 1. The smallest absolute Gasteiger partial charge is 0.308 e. The minimum Gasteiger partial charge on any atom is -0.481 e. The van der Waals surface area contributed by atoms with Crippen molar-refractivity contribution in [3.63, 3.8) is 0 Å². The Morgan fingerprint density at radius 2 is 2.05 bits per heavy atom. The summed E-state index contributed by atoms with van der Waals surface area (Å²) in [6.07, 6.45) is 1.78. The summed E-state index contributed by atoms with van der Waals surface area (Å²) in [6.45, 7) is 0.736. The fourth-order valence-electron chi connectivity index (χ4n) is 2.49. The molecule has 1 heterocycles. The van der Waals surface area contributed by atoms with Crippen molar-refractivity contribution in [2.75, 3.05) is 13.1 Å². The molecule has 0 spiro atoms. The van der Waals surface area contributed by atoms with E-state index in [1.54, 1.807) is 4.90 Å². The van der Waals surface area contributed by atoms with Gasteiger partial charge in [0.25, 0.3) is 0 Å². The Labute approximate surface area is 121 Å². The van der Waals surface area contributed by atoms with Gasteiger partial charge in [0.15, 0.2) is 11.6 Å². The molecule has 0 saturated carbocycles. The maximum atomic E-state index is 13.0. The number of aliphatic carboxylic acids is 1. The molecule has 21 heavy (non-hydrogen) atoms. The van der Waals surface area contributed by atoms with Crippen molar-refractivity contribution in [1.82, 2.24) is 4.90 Å². The van der Waals surface area contributed by atoms with Crippen LogP contribution in [0.3, 0.4) is 0 Å². The van der Waals surface area contributed by atoms with Gasteiger partial charge in [-0.1, -0.05) is 6.07 Å². The van der Waals surface area contributed by atoms with Crippen LogP contribution < -0.4 is 0 Å². The quantitative estimate of drug-likeness (QED) is 0.906. The number of carbonyl (C=O) groups excluding carboxylic acids is 1. The van der Waals surface area contributed by atoms with Crippen LogP contribution in [0.25, 0.3) is 0 Å². The van der Waals surface area contributed by atoms with Gasteiger partial charge in [-0.25, -0.2) is 8.78 Å². The maximum Gasteiger partial charge on any atom is 0.308 e. The molecular formula is C15H17F2NO3. The van der Waals surface area contributed by atoms with E-state index in [4.69, 9.17) is 5.11 Å². The first-order valence-electron chi connectivity index (χ1n) is 6.92. The fourth-order valence-corrected chi connectivity index (χ4v) is 2.49. The van der Waals surface area contributed by atoms with E-state index >= 15 is 0 Å². The third kappa shape index (κ3) is 4.00. The van der Waals surface area contributed by atoms with Crippen LogP contribution in [0.15, 0.2) is 18.2 Å². The molecule has 4 nitrogen and oxygen atoms in total. The zero-order chi connectivity index (χ0) is 15.4. The van der Waals surface area contributed by atoms with Crippen LogP contribution in [-0.2, 0) is 16.0 Å². The van der Waals surface area contributed by atoms with Crippen molar-refractivity contribution in [2.45, 2.75) is 25.7 Å². The Balaban J connectivity index is 1.77. The van der Waals surface area contributed by atoms with Crippen LogP contribution in [-0.4, -0.2) is 35.0 Å². The number of hydrogen-bond donors (Lipinski definition) is 1. The minimum atomic E-state index is -0.886. The molecule has 1 aromatic rings. The van der Waals surface area contributed by atoms with Crippen molar-refractivity contribution in [2.24, 2.45) is 5.92 Å². The number of nitrogens with zero attached hydrogens (tertiary/aromatic N) is 1. The molecule has 6 heteroatoms. The molecule has 114 valence electrons. The zero-order valence-electron chi connectivity index (χ0n) is 11.5. The Kier molecular flexibility index (Phi) is 4.88. The summed E-state index contributed by atoms with van der Waals surface area (Å²) in [5.41, 5.74) is 0.645. The third-order valence-electron chi connectivity index (χ3n) is 3.73. The Hall–Kier alpha value is -1.98. The third-order valence-corrected chi connectivity index (χ3v) is 3.73. The standard InChI is InChI=1S/C15H17F2NO3/c16-12-5-4-10(8-13(12)17)2-1-3-14(19)18-7-6-11(9-18)15(20)21/h4-5,8,11H,1-3,6-7,9H2,(H,20,21)/t11-/m1/s1. The van der Waals surface area contributed by atoms with Gasteiger partial charge in [0, 0.05) is 19.5 Å². The molecule has 0 unspecified atom stereocenters. The van der Waals surface area contributed by atoms with E-state index in [0.29, 0.717) is 31.4 Å². The lowest BCUT2D eigenvalue weighted by Gasteiger charge is -2.15. The van der Waals surface area contributed by atoms with E-state index in [2.05, 4.69) is 0 Å². The van der Waals surface area contributed by atoms with Crippen LogP contribution >= 0.6 is 0 Å². The molecule has 1 aliphatic heterocycles. The molecule has 2 rings (SSSR count). The van der Waals surface area contributed by atoms with Crippen LogP contribution in [0.4, 0.5) is 8.78 Å². The number of aryl methyl sites for hydroxylation is 1. The number of hydrogen-bond acceptors (Lipinski definition) is 2. The van der Waals surface area contributed by atoms with Crippen molar-refractivity contribution >= 4 is 11.9 Å². The topological polar surface area (TPSA) is 57.6 Å². The van der Waals surface area contributed by atoms with Gasteiger partial charge in [-0.15, -0.1) is 0 Å². The molecule has 1 N–H and O–H groups in total. The number of carbonyl (C=O) groups is 2. The average molecular weight is 297 g/mol. The molecule has 0 aliphatic carbocycles. The van der Waals surface area contributed by atoms with Crippen molar-refractivity contribution in [3.8, 4) is 0 Å². The van der Waals surface area contributed by atoms with E-state index in [1.165, 1.54) is 6.07 Å². The first-order chi connectivity index (χ1) is 9.97. The normalized spacial score (nSPS) is 18.0. The second-order valence-corrected chi connectivity index (χ2v) is 5.27. The fraction of sp³-hybridized carbons (Fsp3) is 0.467. The molecule has 1 fully saturated rings. The number of halogens is 2. The second-order valence-electron chi connectivity index (χ2n) is 5.27. The summed E-state index contributed by atoms with van der Waals surface area (Å²) >= 11 is 0. The van der Waals surface area contributed by atoms with Gasteiger partial charge in [0.1, 0.15) is 0 Å². The van der Waals surface area contributed by atoms with Crippen LogP contribution in [0.1, 0.15) is 24.8 Å². The highest BCUT2D eigenvalue weighted by Gasteiger charge is 2.30. The summed E-state index contributed by atoms with van der Waals surface area (Å²) in [4.78, 5) is 24.3. The lowest BCUT2D eigenvalue weighted by molar-refractivity contribution is -0.141. The summed E-state index contributed by atoms with van der Waals surface area (Å²) < 4.78 is 25.8. The number of carboxylic acids is 1. The maximum absolute atomic E-state index is 13.0. The van der Waals surface area contributed by atoms with Gasteiger partial charge in [-0.3, -0.25) is 9.59 Å². The SMILES string of the molecule is O=C(O)[C@@H]1CCN(C(=O)CCCc2ccc(F)c(F)c2)C1. The Morgan fingerprint density at radius 1 is 1.29 bits per heavy atom. The van der Waals surface area contributed by atoms with E-state index in [-0.39, 0.29) is 18.9 Å². The highest BCUT2D eigenvalue weighted by atomic mass is 19.2. The highest BCUT2D eigenvalue weighted by molar-refractivity contribution is 5.78. The monoisotopic (exact) mass is 297 g/mol. The van der Waals surface area contributed by atoms with Crippen molar-refractivity contribution in [3.05, 3.63) is 35.4 Å². The molecule has 0 bridgehead atoms. The van der Waals surface area contributed by atoms with Gasteiger partial charge in [-0.05, 0) is 37.0 Å². The molecule has 1 saturated heterocycles. The molecule has 1 amide bonds. The molecule has 1 aromatic carbocycles. The van der Waals surface area contributed by atoms with Crippen molar-refractivity contribution in [1.29, 1.82) is 0 Å². The van der Waals surface area contributed by atoms with Gasteiger partial charge in [0.2, 0.25) is 5.91 Å². The predicted octanol–water partition coefficient (Wildman–Crippen LogP) is 2.22. The van der Waals surface area contributed by atoms with Crippen LogP contribution in [0, 0.1) is 17.6 Å². The van der Waals surface area contributed by atoms with E-state index in [9.17, 15) is 18.4 Å². The van der Waals surface area contributed by atoms with Crippen LogP contribution in [0.2, 0.25) is 0 Å². The van der Waals surface area contributed by atoms with E-state index < -0.39 is 23.5 Å². The molecule has 1 atom stereocenters. The summed E-state index contributed by atoms with van der Waals surface area (Å²) in [5.74, 6) is -3.19. The zero-order valence-corrected chi connectivity index (χ0v) is 11.5. The molecule has 1 aliphatic rings. The lowest BCUT2D eigenvalue weighted by atomic mass is 10.1. The lowest BCUT2D eigenvalue weighted by Crippen LogP contribution is -2.29. The predicted molar refractivity (Wildman–Crippen MR) is 71.6 cm³/mol. The largest absolute Gasteiger partial charge is 0.481 e. The Morgan fingerprint density at radius 3 is 2.67 bits per heavy atom. The summed E-state index contributed by atoms with van der Waals surface area (Å²) in [7, 11) is 0. The Bertz CT molecular complexity index is 548. The molecular weight excluding hydrogens is 280 g/mol. The average Bonchev–Trinajstić information content (AvgIpc) is 2.92. The van der Waals surface area contributed by atoms with E-state index in [1.807, 2.05) is 0 Å². The highest BCUT2D eigenvalue weighted by Crippen LogP contribution is 2.18. The first-order valence-corrected chi connectivity index (χ1v) is 6.92. The summed E-state index contributed by atoms with van der Waals surface area (Å²) in [5, 5.41) is 8.88. The second kappa shape index (κ2) is 6.65. The van der Waals surface area contributed by atoms with E-state index in [0.717, 1.165) is 12.1 Å². The van der Waals surface area contributed by atoms with Crippen LogP contribution in [0.5, 0.6) is 0 Å². The van der Waals surface area contributed by atoms with Crippen molar-refractivity contribution < 1.29 is 23.5 Å². The molecule has 0 aromatic heterocycles. The van der Waals surface area contributed by atoms with Gasteiger partial charge >= 0.3 is 5.97 Å². The summed E-state index contributed by atoms with van der Waals surface area (Å²) in [6, 6.07) is 3.71. The molecule has 0 radical (unpaired) electrons. The minimum absolute atomic E-state index is 0.0821.